The molecule has 7 heteroatoms. The van der Waals surface area contributed by atoms with E-state index >= 15 is 0 Å². The zero-order chi connectivity index (χ0) is 16.2. The topological polar surface area (TPSA) is 55.3 Å². The number of hydrogen-bond acceptors (Lipinski definition) is 4. The molecule has 1 amide bonds. The number of likely N-dealkylation sites (tertiary alicyclic amines) is 1. The van der Waals surface area contributed by atoms with E-state index < -0.39 is 11.7 Å². The Morgan fingerprint density at radius 2 is 2.26 bits per heavy atom. The second kappa shape index (κ2) is 6.91. The molecule has 23 heavy (non-hydrogen) atoms. The van der Waals surface area contributed by atoms with Crippen molar-refractivity contribution in [1.29, 1.82) is 0 Å². The monoisotopic (exact) mass is 335 g/mol. The molecule has 3 rings (SSSR count). The number of rotatable bonds is 3. The summed E-state index contributed by atoms with van der Waals surface area (Å²) in [6.07, 6.45) is 5.99. The maximum atomic E-state index is 13.9. The first-order chi connectivity index (χ1) is 11.1. The highest BCUT2D eigenvalue weighted by atomic mass is 35.5. The molecule has 120 valence electrons. The zero-order valence-corrected chi connectivity index (χ0v) is 13.0. The molecule has 1 atom stereocenters. The van der Waals surface area contributed by atoms with Crippen LogP contribution in [0.2, 0.25) is 5.02 Å². The Hall–Kier alpha value is -2.21. The van der Waals surface area contributed by atoms with E-state index in [0.29, 0.717) is 19.0 Å². The first kappa shape index (κ1) is 15.7. The number of carbonyl (C=O) groups excluding carboxylic acids is 1. The van der Waals surface area contributed by atoms with Crippen molar-refractivity contribution in [2.75, 3.05) is 13.1 Å². The largest absolute Gasteiger partial charge is 0.471 e. The van der Waals surface area contributed by atoms with Crippen LogP contribution in [0.15, 0.2) is 36.8 Å². The molecule has 0 spiro atoms. The summed E-state index contributed by atoms with van der Waals surface area (Å²) in [7, 11) is 0. The van der Waals surface area contributed by atoms with Crippen molar-refractivity contribution in [1.82, 2.24) is 14.9 Å². The lowest BCUT2D eigenvalue weighted by Gasteiger charge is -2.32. The quantitative estimate of drug-likeness (QED) is 0.865. The summed E-state index contributed by atoms with van der Waals surface area (Å²) >= 11 is 5.97. The number of piperidine rings is 1. The molecular weight excluding hydrogens is 321 g/mol. The molecule has 1 fully saturated rings. The van der Waals surface area contributed by atoms with Gasteiger partial charge in [0.15, 0.2) is 0 Å². The molecule has 0 radical (unpaired) electrons. The standard InChI is InChI=1S/C16H15ClFN3O2/c17-12-4-1-5-13(18)15(12)16(22)21-8-2-3-11(10-21)23-14-9-19-6-7-20-14/h1,4-7,9,11H,2-3,8,10H2. The third-order valence-electron chi connectivity index (χ3n) is 3.67. The number of halogens is 2. The van der Waals surface area contributed by atoms with Gasteiger partial charge in [-0.05, 0) is 25.0 Å². The van der Waals surface area contributed by atoms with Crippen molar-refractivity contribution < 1.29 is 13.9 Å². The fourth-order valence-corrected chi connectivity index (χ4v) is 2.84. The maximum absolute atomic E-state index is 13.9. The molecule has 5 nitrogen and oxygen atoms in total. The van der Waals surface area contributed by atoms with Gasteiger partial charge in [0.2, 0.25) is 5.88 Å². The van der Waals surface area contributed by atoms with E-state index in [2.05, 4.69) is 9.97 Å². The second-order valence-electron chi connectivity index (χ2n) is 5.27. The van der Waals surface area contributed by atoms with Crippen LogP contribution in [0.1, 0.15) is 23.2 Å². The second-order valence-corrected chi connectivity index (χ2v) is 5.68. The van der Waals surface area contributed by atoms with Crippen LogP contribution in [0, 0.1) is 5.82 Å². The first-order valence-corrected chi connectivity index (χ1v) is 7.69. The van der Waals surface area contributed by atoms with Crippen LogP contribution in [0.25, 0.3) is 0 Å². The lowest BCUT2D eigenvalue weighted by Crippen LogP contribution is -2.44. The van der Waals surface area contributed by atoms with Crippen LogP contribution in [0.3, 0.4) is 0 Å². The van der Waals surface area contributed by atoms with Crippen molar-refractivity contribution in [2.24, 2.45) is 0 Å². The molecule has 0 aliphatic carbocycles. The Labute approximate surface area is 138 Å². The maximum Gasteiger partial charge on any atom is 0.258 e. The number of aromatic nitrogens is 2. The van der Waals surface area contributed by atoms with Gasteiger partial charge in [0, 0.05) is 18.9 Å². The minimum atomic E-state index is -0.612. The van der Waals surface area contributed by atoms with E-state index in [1.165, 1.54) is 24.4 Å². The van der Waals surface area contributed by atoms with Crippen molar-refractivity contribution in [2.45, 2.75) is 18.9 Å². The van der Waals surface area contributed by atoms with Crippen LogP contribution < -0.4 is 4.74 Å². The Morgan fingerprint density at radius 1 is 1.39 bits per heavy atom. The molecule has 1 unspecified atom stereocenters. The van der Waals surface area contributed by atoms with E-state index in [1.54, 1.807) is 17.3 Å². The van der Waals surface area contributed by atoms with Gasteiger partial charge in [-0.1, -0.05) is 17.7 Å². The Morgan fingerprint density at radius 3 is 3.00 bits per heavy atom. The number of ether oxygens (including phenoxy) is 1. The summed E-state index contributed by atoms with van der Waals surface area (Å²) in [5.41, 5.74) is -0.0886. The van der Waals surface area contributed by atoms with Gasteiger partial charge in [0.25, 0.3) is 5.91 Å². The van der Waals surface area contributed by atoms with Crippen LogP contribution in [-0.4, -0.2) is 40.0 Å². The van der Waals surface area contributed by atoms with E-state index in [4.69, 9.17) is 16.3 Å². The number of benzene rings is 1. The van der Waals surface area contributed by atoms with E-state index in [-0.39, 0.29) is 16.7 Å². The van der Waals surface area contributed by atoms with Gasteiger partial charge in [-0.25, -0.2) is 9.37 Å². The van der Waals surface area contributed by atoms with Crippen LogP contribution in [0.5, 0.6) is 5.88 Å². The molecule has 0 N–H and O–H groups in total. The molecule has 2 aromatic rings. The van der Waals surface area contributed by atoms with Gasteiger partial charge in [-0.2, -0.15) is 0 Å². The van der Waals surface area contributed by atoms with Crippen molar-refractivity contribution in [3.63, 3.8) is 0 Å². The van der Waals surface area contributed by atoms with Gasteiger partial charge in [-0.3, -0.25) is 9.78 Å². The molecule has 1 aliphatic rings. The smallest absolute Gasteiger partial charge is 0.258 e. The highest BCUT2D eigenvalue weighted by molar-refractivity contribution is 6.33. The number of amides is 1. The van der Waals surface area contributed by atoms with Crippen molar-refractivity contribution in [3.05, 3.63) is 53.2 Å². The average molecular weight is 336 g/mol. The Kier molecular flexibility index (Phi) is 4.71. The predicted octanol–water partition coefficient (Wildman–Crippen LogP) is 2.95. The number of hydrogen-bond donors (Lipinski definition) is 0. The summed E-state index contributed by atoms with van der Waals surface area (Å²) in [4.78, 5) is 22.1. The third kappa shape index (κ3) is 3.59. The minimum Gasteiger partial charge on any atom is -0.471 e. The van der Waals surface area contributed by atoms with E-state index in [1.807, 2.05) is 0 Å². The average Bonchev–Trinajstić information content (AvgIpc) is 2.56. The zero-order valence-electron chi connectivity index (χ0n) is 12.3. The summed E-state index contributed by atoms with van der Waals surface area (Å²) < 4.78 is 19.7. The molecule has 0 bridgehead atoms. The molecular formula is C16H15ClFN3O2. The summed E-state index contributed by atoms with van der Waals surface area (Å²) in [5.74, 6) is -0.615. The van der Waals surface area contributed by atoms with E-state index in [0.717, 1.165) is 12.8 Å². The van der Waals surface area contributed by atoms with Gasteiger partial charge in [0.05, 0.1) is 23.3 Å². The van der Waals surface area contributed by atoms with Gasteiger partial charge in [-0.15, -0.1) is 0 Å². The van der Waals surface area contributed by atoms with Crippen molar-refractivity contribution >= 4 is 17.5 Å². The van der Waals surface area contributed by atoms with Crippen LogP contribution in [0.4, 0.5) is 4.39 Å². The summed E-state index contributed by atoms with van der Waals surface area (Å²) in [6.45, 7) is 0.907. The normalized spacial score (nSPS) is 17.8. The van der Waals surface area contributed by atoms with Crippen molar-refractivity contribution in [3.8, 4) is 5.88 Å². The lowest BCUT2D eigenvalue weighted by molar-refractivity contribution is 0.0523. The Bertz CT molecular complexity index is 679. The number of carbonyl (C=O) groups is 1. The van der Waals surface area contributed by atoms with E-state index in [9.17, 15) is 9.18 Å². The highest BCUT2D eigenvalue weighted by Crippen LogP contribution is 2.23. The highest BCUT2D eigenvalue weighted by Gasteiger charge is 2.28. The molecule has 1 saturated heterocycles. The summed E-state index contributed by atoms with van der Waals surface area (Å²) in [6, 6.07) is 4.22. The van der Waals surface area contributed by atoms with Gasteiger partial charge in [0.1, 0.15) is 11.9 Å². The predicted molar refractivity (Wildman–Crippen MR) is 83.0 cm³/mol. The number of nitrogens with zero attached hydrogens (tertiary/aromatic N) is 3. The molecule has 1 aromatic carbocycles. The SMILES string of the molecule is O=C(c1c(F)cccc1Cl)N1CCCC(Oc2cnccn2)C1. The fraction of sp³-hybridized carbons (Fsp3) is 0.312. The molecule has 0 saturated carbocycles. The molecule has 1 aromatic heterocycles. The Balaban J connectivity index is 1.72. The summed E-state index contributed by atoms with van der Waals surface area (Å²) in [5, 5.41) is 0.118. The minimum absolute atomic E-state index is 0.0886. The fourth-order valence-electron chi connectivity index (χ4n) is 2.60. The lowest BCUT2D eigenvalue weighted by atomic mass is 10.1. The van der Waals surface area contributed by atoms with Crippen LogP contribution >= 0.6 is 11.6 Å². The van der Waals surface area contributed by atoms with Crippen LogP contribution in [-0.2, 0) is 0 Å². The molecule has 2 heterocycles. The first-order valence-electron chi connectivity index (χ1n) is 7.31. The molecule has 1 aliphatic heterocycles. The van der Waals surface area contributed by atoms with Gasteiger partial charge >= 0.3 is 0 Å². The third-order valence-corrected chi connectivity index (χ3v) is 3.98. The van der Waals surface area contributed by atoms with Gasteiger partial charge < -0.3 is 9.64 Å².